The van der Waals surface area contributed by atoms with Crippen molar-refractivity contribution in [1.29, 1.82) is 0 Å². The van der Waals surface area contributed by atoms with Gasteiger partial charge in [-0.2, -0.15) is 5.10 Å². The molecule has 0 bridgehead atoms. The number of furan rings is 1. The van der Waals surface area contributed by atoms with Crippen molar-refractivity contribution in [1.82, 2.24) is 25.4 Å². The SMILES string of the molecule is Cc1ccc(CNC(=O)[C@@H]2CCCN(C(=O)c3cc(-c4ccccn4)n[nH]3)C2)o1. The van der Waals surface area contributed by atoms with Gasteiger partial charge in [0, 0.05) is 19.3 Å². The molecule has 150 valence electrons. The summed E-state index contributed by atoms with van der Waals surface area (Å²) >= 11 is 0. The largest absolute Gasteiger partial charge is 0.465 e. The van der Waals surface area contributed by atoms with E-state index in [9.17, 15) is 9.59 Å². The standard InChI is InChI=1S/C21H23N5O3/c1-14-7-8-16(29-14)12-23-20(27)15-5-4-10-26(13-15)21(28)19-11-18(24-25-19)17-6-2-3-9-22-17/h2-3,6-9,11,15H,4-5,10,12-13H2,1H3,(H,23,27)(H,24,25)/t15-/m1/s1. The Balaban J connectivity index is 1.37. The average Bonchev–Trinajstić information content (AvgIpc) is 3.41. The molecule has 0 aromatic carbocycles. The van der Waals surface area contributed by atoms with Gasteiger partial charge in [-0.15, -0.1) is 0 Å². The van der Waals surface area contributed by atoms with Gasteiger partial charge < -0.3 is 14.6 Å². The molecule has 0 aliphatic carbocycles. The van der Waals surface area contributed by atoms with E-state index in [1.165, 1.54) is 0 Å². The van der Waals surface area contributed by atoms with E-state index in [0.29, 0.717) is 36.7 Å². The minimum Gasteiger partial charge on any atom is -0.465 e. The molecule has 0 saturated carbocycles. The Bertz CT molecular complexity index is 995. The number of rotatable bonds is 5. The number of amides is 2. The molecule has 3 aromatic heterocycles. The van der Waals surface area contributed by atoms with E-state index in [1.807, 2.05) is 37.3 Å². The number of aromatic amines is 1. The summed E-state index contributed by atoms with van der Waals surface area (Å²) in [5.41, 5.74) is 1.72. The van der Waals surface area contributed by atoms with E-state index in [2.05, 4.69) is 20.5 Å². The van der Waals surface area contributed by atoms with Gasteiger partial charge in [0.1, 0.15) is 22.9 Å². The summed E-state index contributed by atoms with van der Waals surface area (Å²) < 4.78 is 5.48. The van der Waals surface area contributed by atoms with Gasteiger partial charge >= 0.3 is 0 Å². The summed E-state index contributed by atoms with van der Waals surface area (Å²) in [5, 5.41) is 9.90. The summed E-state index contributed by atoms with van der Waals surface area (Å²) in [7, 11) is 0. The number of nitrogens with one attached hydrogen (secondary N) is 2. The third kappa shape index (κ3) is 4.37. The first-order valence-electron chi connectivity index (χ1n) is 9.69. The van der Waals surface area contributed by atoms with Crippen LogP contribution in [0.3, 0.4) is 0 Å². The molecule has 2 amide bonds. The lowest BCUT2D eigenvalue weighted by Gasteiger charge is -2.31. The average molecular weight is 393 g/mol. The number of nitrogens with zero attached hydrogens (tertiary/aromatic N) is 3. The number of carbonyl (C=O) groups is 2. The quantitative estimate of drug-likeness (QED) is 0.693. The van der Waals surface area contributed by atoms with E-state index in [0.717, 1.165) is 24.4 Å². The molecule has 3 aromatic rings. The number of likely N-dealkylation sites (tertiary alicyclic amines) is 1. The molecule has 0 radical (unpaired) electrons. The Kier molecular flexibility index (Phi) is 5.41. The predicted octanol–water partition coefficient (Wildman–Crippen LogP) is 2.54. The molecule has 1 aliphatic rings. The number of hydrogen-bond donors (Lipinski definition) is 2. The van der Waals surface area contributed by atoms with Crippen molar-refractivity contribution in [2.45, 2.75) is 26.3 Å². The topological polar surface area (TPSA) is 104 Å². The number of carbonyl (C=O) groups excluding carboxylic acids is 2. The number of pyridine rings is 1. The third-order valence-corrected chi connectivity index (χ3v) is 5.05. The Labute approximate surface area is 168 Å². The van der Waals surface area contributed by atoms with Crippen LogP contribution in [0.25, 0.3) is 11.4 Å². The Morgan fingerprint density at radius 1 is 1.28 bits per heavy atom. The van der Waals surface area contributed by atoms with E-state index in [1.54, 1.807) is 17.2 Å². The van der Waals surface area contributed by atoms with Gasteiger partial charge in [0.05, 0.1) is 18.2 Å². The molecule has 1 fully saturated rings. The molecule has 4 heterocycles. The number of hydrogen-bond acceptors (Lipinski definition) is 5. The first kappa shape index (κ1) is 18.9. The van der Waals surface area contributed by atoms with Gasteiger partial charge in [0.2, 0.25) is 5.91 Å². The van der Waals surface area contributed by atoms with Crippen LogP contribution in [0.5, 0.6) is 0 Å². The lowest BCUT2D eigenvalue weighted by atomic mass is 9.97. The van der Waals surface area contributed by atoms with Crippen molar-refractivity contribution in [2.75, 3.05) is 13.1 Å². The molecule has 8 nitrogen and oxygen atoms in total. The maximum atomic E-state index is 12.9. The summed E-state index contributed by atoms with van der Waals surface area (Å²) in [6.45, 7) is 3.23. The summed E-state index contributed by atoms with van der Waals surface area (Å²) in [4.78, 5) is 31.4. The zero-order chi connectivity index (χ0) is 20.2. The van der Waals surface area contributed by atoms with Gasteiger partial charge in [-0.25, -0.2) is 0 Å². The highest BCUT2D eigenvalue weighted by molar-refractivity contribution is 5.93. The van der Waals surface area contributed by atoms with E-state index >= 15 is 0 Å². The third-order valence-electron chi connectivity index (χ3n) is 5.05. The van der Waals surface area contributed by atoms with Gasteiger partial charge in [-0.3, -0.25) is 19.7 Å². The van der Waals surface area contributed by atoms with Crippen LogP contribution in [0.1, 0.15) is 34.9 Å². The van der Waals surface area contributed by atoms with Gasteiger partial charge in [0.15, 0.2) is 0 Å². The second-order valence-corrected chi connectivity index (χ2v) is 7.20. The Morgan fingerprint density at radius 3 is 2.93 bits per heavy atom. The highest BCUT2D eigenvalue weighted by Crippen LogP contribution is 2.21. The van der Waals surface area contributed by atoms with Crippen LogP contribution in [0.15, 0.2) is 47.0 Å². The maximum absolute atomic E-state index is 12.9. The number of H-pyrrole nitrogens is 1. The molecular weight excluding hydrogens is 370 g/mol. The normalized spacial score (nSPS) is 16.6. The molecule has 0 spiro atoms. The van der Waals surface area contributed by atoms with Crippen molar-refractivity contribution in [3.8, 4) is 11.4 Å². The van der Waals surface area contributed by atoms with Gasteiger partial charge in [-0.05, 0) is 50.1 Å². The van der Waals surface area contributed by atoms with E-state index in [-0.39, 0.29) is 17.7 Å². The van der Waals surface area contributed by atoms with Crippen LogP contribution in [0.4, 0.5) is 0 Å². The predicted molar refractivity (Wildman–Crippen MR) is 106 cm³/mol. The van der Waals surface area contributed by atoms with E-state index in [4.69, 9.17) is 4.42 Å². The highest BCUT2D eigenvalue weighted by atomic mass is 16.3. The first-order chi connectivity index (χ1) is 14.1. The van der Waals surface area contributed by atoms with Crippen LogP contribution in [-0.2, 0) is 11.3 Å². The summed E-state index contributed by atoms with van der Waals surface area (Å²) in [6.07, 6.45) is 3.23. The monoisotopic (exact) mass is 393 g/mol. The lowest BCUT2D eigenvalue weighted by Crippen LogP contribution is -2.45. The second kappa shape index (κ2) is 8.30. The van der Waals surface area contributed by atoms with Crippen molar-refractivity contribution >= 4 is 11.8 Å². The molecule has 8 heteroatoms. The molecule has 1 saturated heterocycles. The van der Waals surface area contributed by atoms with Crippen molar-refractivity contribution < 1.29 is 14.0 Å². The molecular formula is C21H23N5O3. The Morgan fingerprint density at radius 2 is 2.17 bits per heavy atom. The van der Waals surface area contributed by atoms with Crippen LogP contribution < -0.4 is 5.32 Å². The molecule has 4 rings (SSSR count). The maximum Gasteiger partial charge on any atom is 0.271 e. The van der Waals surface area contributed by atoms with E-state index < -0.39 is 0 Å². The van der Waals surface area contributed by atoms with Crippen LogP contribution >= 0.6 is 0 Å². The first-order valence-corrected chi connectivity index (χ1v) is 9.69. The number of aryl methyl sites for hydroxylation is 1. The van der Waals surface area contributed by atoms with Crippen LogP contribution in [-0.4, -0.2) is 45.0 Å². The minimum atomic E-state index is -0.234. The summed E-state index contributed by atoms with van der Waals surface area (Å²) in [5.74, 6) is 1.09. The van der Waals surface area contributed by atoms with Crippen LogP contribution in [0.2, 0.25) is 0 Å². The number of piperidine rings is 1. The number of aromatic nitrogens is 3. The van der Waals surface area contributed by atoms with Crippen molar-refractivity contribution in [2.24, 2.45) is 5.92 Å². The zero-order valence-corrected chi connectivity index (χ0v) is 16.2. The minimum absolute atomic E-state index is 0.0599. The van der Waals surface area contributed by atoms with Gasteiger partial charge in [0.25, 0.3) is 5.91 Å². The van der Waals surface area contributed by atoms with Crippen LogP contribution in [0, 0.1) is 12.8 Å². The highest BCUT2D eigenvalue weighted by Gasteiger charge is 2.29. The molecule has 1 aliphatic heterocycles. The fraction of sp³-hybridized carbons (Fsp3) is 0.333. The van der Waals surface area contributed by atoms with Gasteiger partial charge in [-0.1, -0.05) is 6.07 Å². The molecule has 0 unspecified atom stereocenters. The fourth-order valence-electron chi connectivity index (χ4n) is 3.52. The fourth-order valence-corrected chi connectivity index (χ4v) is 3.52. The second-order valence-electron chi connectivity index (χ2n) is 7.20. The van der Waals surface area contributed by atoms with Crippen molar-refractivity contribution in [3.05, 3.63) is 59.8 Å². The molecule has 1 atom stereocenters. The van der Waals surface area contributed by atoms with Crippen molar-refractivity contribution in [3.63, 3.8) is 0 Å². The smallest absolute Gasteiger partial charge is 0.271 e. The Hall–Kier alpha value is -3.42. The zero-order valence-electron chi connectivity index (χ0n) is 16.2. The summed E-state index contributed by atoms with van der Waals surface area (Å²) in [6, 6.07) is 11.0. The molecule has 2 N–H and O–H groups in total. The molecule has 29 heavy (non-hydrogen) atoms. The lowest BCUT2D eigenvalue weighted by molar-refractivity contribution is -0.126.